The second kappa shape index (κ2) is 8.66. The van der Waals surface area contributed by atoms with Crippen molar-refractivity contribution in [1.29, 1.82) is 0 Å². The molecule has 0 fully saturated rings. The van der Waals surface area contributed by atoms with Crippen molar-refractivity contribution in [2.45, 2.75) is 43.9 Å². The van der Waals surface area contributed by atoms with Gasteiger partial charge < -0.3 is 11.1 Å². The number of carbonyl (C=O) groups is 1. The van der Waals surface area contributed by atoms with Gasteiger partial charge in [-0.1, -0.05) is 44.2 Å². The summed E-state index contributed by atoms with van der Waals surface area (Å²) in [6.45, 7) is 6.73. The van der Waals surface area contributed by atoms with E-state index in [2.05, 4.69) is 25.4 Å². The highest BCUT2D eigenvalue weighted by Gasteiger charge is 2.33. The van der Waals surface area contributed by atoms with Gasteiger partial charge in [0, 0.05) is 11.3 Å². The molecule has 0 aliphatic carbocycles. The number of hydrogen-bond donors (Lipinski definition) is 2. The van der Waals surface area contributed by atoms with Crippen molar-refractivity contribution in [3.05, 3.63) is 35.9 Å². The standard InChI is InChI=1S/C16H26N2OS.ClH/c1-5-16(6-2,20-4)12-18-14(19)15(3,17)13-10-8-7-9-11-13;/h7-11H,5-6,12,17H2,1-4H3,(H,18,19);1H. The number of amides is 1. The Morgan fingerprint density at radius 1 is 1.24 bits per heavy atom. The van der Waals surface area contributed by atoms with Gasteiger partial charge in [0.05, 0.1) is 0 Å². The van der Waals surface area contributed by atoms with Crippen molar-refractivity contribution >= 4 is 30.1 Å². The highest BCUT2D eigenvalue weighted by atomic mass is 35.5. The maximum atomic E-state index is 12.4. The monoisotopic (exact) mass is 330 g/mol. The quantitative estimate of drug-likeness (QED) is 0.806. The Morgan fingerprint density at radius 3 is 2.19 bits per heavy atom. The molecule has 1 rings (SSSR count). The molecule has 1 unspecified atom stereocenters. The van der Waals surface area contributed by atoms with Crippen LogP contribution in [0.15, 0.2) is 30.3 Å². The van der Waals surface area contributed by atoms with Crippen LogP contribution in [-0.4, -0.2) is 23.5 Å². The third-order valence-electron chi connectivity index (χ3n) is 4.14. The van der Waals surface area contributed by atoms with Crippen LogP contribution < -0.4 is 11.1 Å². The lowest BCUT2D eigenvalue weighted by molar-refractivity contribution is -0.126. The van der Waals surface area contributed by atoms with Gasteiger partial charge in [0.25, 0.3) is 0 Å². The molecule has 1 atom stereocenters. The third-order valence-corrected chi connectivity index (χ3v) is 5.73. The third kappa shape index (κ3) is 4.90. The van der Waals surface area contributed by atoms with E-state index in [1.807, 2.05) is 42.1 Å². The van der Waals surface area contributed by atoms with Gasteiger partial charge in [0.15, 0.2) is 0 Å². The van der Waals surface area contributed by atoms with Gasteiger partial charge in [0.1, 0.15) is 5.54 Å². The van der Waals surface area contributed by atoms with Gasteiger partial charge in [-0.15, -0.1) is 12.4 Å². The Balaban J connectivity index is 0.00000400. The number of halogens is 1. The van der Waals surface area contributed by atoms with Crippen LogP contribution in [0.25, 0.3) is 0 Å². The van der Waals surface area contributed by atoms with Crippen molar-refractivity contribution in [2.75, 3.05) is 12.8 Å². The molecule has 0 saturated carbocycles. The second-order valence-corrected chi connectivity index (χ2v) is 6.62. The van der Waals surface area contributed by atoms with Gasteiger partial charge >= 0.3 is 0 Å². The Morgan fingerprint density at radius 2 is 1.76 bits per heavy atom. The van der Waals surface area contributed by atoms with E-state index in [1.54, 1.807) is 6.92 Å². The molecule has 5 heteroatoms. The molecule has 0 aliphatic rings. The normalized spacial score (nSPS) is 14.0. The number of rotatable bonds is 7. The van der Waals surface area contributed by atoms with Crippen LogP contribution in [0.5, 0.6) is 0 Å². The molecule has 0 spiro atoms. The highest BCUT2D eigenvalue weighted by Crippen LogP contribution is 2.30. The highest BCUT2D eigenvalue weighted by molar-refractivity contribution is 8.00. The minimum absolute atomic E-state index is 0. The molecule has 0 radical (unpaired) electrons. The first-order valence-corrected chi connectivity index (χ1v) is 8.32. The van der Waals surface area contributed by atoms with Crippen molar-refractivity contribution < 1.29 is 4.79 Å². The lowest BCUT2D eigenvalue weighted by atomic mass is 9.92. The second-order valence-electron chi connectivity index (χ2n) is 5.35. The molecule has 21 heavy (non-hydrogen) atoms. The molecule has 1 aromatic carbocycles. The smallest absolute Gasteiger partial charge is 0.244 e. The van der Waals surface area contributed by atoms with Crippen LogP contribution in [0.1, 0.15) is 39.2 Å². The molecule has 0 heterocycles. The van der Waals surface area contributed by atoms with E-state index in [4.69, 9.17) is 5.73 Å². The molecule has 1 amide bonds. The van der Waals surface area contributed by atoms with Gasteiger partial charge in [-0.3, -0.25) is 4.79 Å². The maximum Gasteiger partial charge on any atom is 0.244 e. The number of thioether (sulfide) groups is 1. The van der Waals surface area contributed by atoms with E-state index in [0.717, 1.165) is 18.4 Å². The van der Waals surface area contributed by atoms with Crippen LogP contribution in [0, 0.1) is 0 Å². The SMILES string of the molecule is CCC(CC)(CNC(=O)C(C)(N)c1ccccc1)SC.Cl. The first-order chi connectivity index (χ1) is 9.41. The minimum atomic E-state index is -0.993. The van der Waals surface area contributed by atoms with Crippen LogP contribution in [0.2, 0.25) is 0 Å². The van der Waals surface area contributed by atoms with E-state index in [-0.39, 0.29) is 23.1 Å². The van der Waals surface area contributed by atoms with Crippen molar-refractivity contribution in [3.63, 3.8) is 0 Å². The fraction of sp³-hybridized carbons (Fsp3) is 0.562. The Kier molecular flexibility index (Phi) is 8.37. The summed E-state index contributed by atoms with van der Waals surface area (Å²) < 4.78 is 0.0996. The fourth-order valence-electron chi connectivity index (χ4n) is 2.20. The lowest BCUT2D eigenvalue weighted by Gasteiger charge is -2.32. The molecular formula is C16H27ClN2OS. The first kappa shape index (κ1) is 20.3. The zero-order valence-electron chi connectivity index (χ0n) is 13.3. The summed E-state index contributed by atoms with van der Waals surface area (Å²) in [5.74, 6) is -0.121. The van der Waals surface area contributed by atoms with Crippen LogP contribution >= 0.6 is 24.2 Å². The van der Waals surface area contributed by atoms with E-state index in [0.29, 0.717) is 6.54 Å². The molecule has 1 aromatic rings. The molecule has 0 aromatic heterocycles. The van der Waals surface area contributed by atoms with Gasteiger partial charge in [-0.05, 0) is 31.6 Å². The van der Waals surface area contributed by atoms with Crippen LogP contribution in [-0.2, 0) is 10.3 Å². The molecule has 0 aliphatic heterocycles. The number of hydrogen-bond acceptors (Lipinski definition) is 3. The summed E-state index contributed by atoms with van der Waals surface area (Å²) in [7, 11) is 0. The van der Waals surface area contributed by atoms with Gasteiger partial charge in [0.2, 0.25) is 5.91 Å². The topological polar surface area (TPSA) is 55.1 Å². The van der Waals surface area contributed by atoms with E-state index < -0.39 is 5.54 Å². The number of nitrogens with two attached hydrogens (primary N) is 1. The lowest BCUT2D eigenvalue weighted by Crippen LogP contribution is -2.52. The molecule has 0 saturated heterocycles. The Bertz CT molecular complexity index is 425. The van der Waals surface area contributed by atoms with Crippen molar-refractivity contribution in [3.8, 4) is 0 Å². The Hall–Kier alpha value is -0.710. The molecule has 0 bridgehead atoms. The zero-order chi connectivity index (χ0) is 15.2. The zero-order valence-corrected chi connectivity index (χ0v) is 14.9. The average molecular weight is 331 g/mol. The number of carbonyl (C=O) groups excluding carboxylic acids is 1. The van der Waals surface area contributed by atoms with Crippen molar-refractivity contribution in [2.24, 2.45) is 5.73 Å². The minimum Gasteiger partial charge on any atom is -0.353 e. The summed E-state index contributed by atoms with van der Waals surface area (Å²) in [5.41, 5.74) is 6.06. The average Bonchev–Trinajstić information content (AvgIpc) is 2.49. The fourth-order valence-corrected chi connectivity index (χ4v) is 3.00. The van der Waals surface area contributed by atoms with E-state index in [1.165, 1.54) is 0 Å². The Labute approximate surface area is 138 Å². The number of nitrogens with one attached hydrogen (secondary N) is 1. The maximum absolute atomic E-state index is 12.4. The van der Waals surface area contributed by atoms with Gasteiger partial charge in [-0.25, -0.2) is 0 Å². The molecule has 3 N–H and O–H groups in total. The predicted molar refractivity (Wildman–Crippen MR) is 95.1 cm³/mol. The van der Waals surface area contributed by atoms with Crippen molar-refractivity contribution in [1.82, 2.24) is 5.32 Å². The number of benzene rings is 1. The summed E-state index contributed by atoms with van der Waals surface area (Å²) in [6.07, 6.45) is 4.15. The van der Waals surface area contributed by atoms with Gasteiger partial charge in [-0.2, -0.15) is 11.8 Å². The van der Waals surface area contributed by atoms with Crippen LogP contribution in [0.4, 0.5) is 0 Å². The summed E-state index contributed by atoms with van der Waals surface area (Å²) in [6, 6.07) is 9.50. The summed E-state index contributed by atoms with van der Waals surface area (Å²) in [4.78, 5) is 12.4. The van der Waals surface area contributed by atoms with E-state index in [9.17, 15) is 4.79 Å². The van der Waals surface area contributed by atoms with E-state index >= 15 is 0 Å². The van der Waals surface area contributed by atoms with Crippen LogP contribution in [0.3, 0.4) is 0 Å². The predicted octanol–water partition coefficient (Wildman–Crippen LogP) is 3.32. The molecule has 3 nitrogen and oxygen atoms in total. The summed E-state index contributed by atoms with van der Waals surface area (Å²) in [5, 5.41) is 3.03. The molecular weight excluding hydrogens is 304 g/mol. The summed E-state index contributed by atoms with van der Waals surface area (Å²) >= 11 is 1.81. The first-order valence-electron chi connectivity index (χ1n) is 7.09. The largest absolute Gasteiger partial charge is 0.353 e. The molecule has 120 valence electrons.